The molecule has 2 amide bonds. The molecule has 0 unspecified atom stereocenters. The summed E-state index contributed by atoms with van der Waals surface area (Å²) in [7, 11) is -3.64. The second-order valence-corrected chi connectivity index (χ2v) is 9.37. The number of sulfonamides is 1. The standard InChI is InChI=1S/C18H23N5O5S2/c1-12(2)22-30(26,27)14-5-3-13(4-6-14)16(24)20-21-17(25)15-11-29-18(19-15)23-7-9-28-10-8-23/h3-6,11-12,22H,7-10H2,1-2H3,(H,20,24)(H,21,25). The van der Waals surface area contributed by atoms with Gasteiger partial charge in [-0.15, -0.1) is 11.3 Å². The molecule has 30 heavy (non-hydrogen) atoms. The Morgan fingerprint density at radius 3 is 2.37 bits per heavy atom. The topological polar surface area (TPSA) is 130 Å². The second-order valence-electron chi connectivity index (χ2n) is 6.82. The Labute approximate surface area is 178 Å². The van der Waals surface area contributed by atoms with Crippen molar-refractivity contribution in [1.82, 2.24) is 20.6 Å². The fourth-order valence-electron chi connectivity index (χ4n) is 2.68. The van der Waals surface area contributed by atoms with E-state index in [1.807, 2.05) is 4.90 Å². The summed E-state index contributed by atoms with van der Waals surface area (Å²) < 4.78 is 32.0. The van der Waals surface area contributed by atoms with Crippen molar-refractivity contribution in [2.45, 2.75) is 24.8 Å². The average Bonchev–Trinajstić information content (AvgIpc) is 3.22. The number of hydrazine groups is 1. The number of aromatic nitrogens is 1. The van der Waals surface area contributed by atoms with E-state index < -0.39 is 21.8 Å². The van der Waals surface area contributed by atoms with Gasteiger partial charge in [0.05, 0.1) is 18.1 Å². The fraction of sp³-hybridized carbons (Fsp3) is 0.389. The molecular formula is C18H23N5O5S2. The Balaban J connectivity index is 1.56. The maximum Gasteiger partial charge on any atom is 0.289 e. The summed E-state index contributed by atoms with van der Waals surface area (Å²) in [5.41, 5.74) is 5.02. The number of nitrogens with zero attached hydrogens (tertiary/aromatic N) is 2. The van der Waals surface area contributed by atoms with Crippen LogP contribution in [0.15, 0.2) is 34.5 Å². The van der Waals surface area contributed by atoms with Crippen molar-refractivity contribution in [3.63, 3.8) is 0 Å². The van der Waals surface area contributed by atoms with Crippen LogP contribution in [0.1, 0.15) is 34.7 Å². The molecule has 2 heterocycles. The SMILES string of the molecule is CC(C)NS(=O)(=O)c1ccc(C(=O)NNC(=O)c2csc(N3CCOCC3)n2)cc1. The summed E-state index contributed by atoms with van der Waals surface area (Å²) in [4.78, 5) is 30.9. The molecule has 0 aliphatic carbocycles. The molecule has 2 aromatic rings. The number of carbonyl (C=O) groups is 2. The zero-order chi connectivity index (χ0) is 21.7. The third-order valence-electron chi connectivity index (χ3n) is 4.11. The van der Waals surface area contributed by atoms with Gasteiger partial charge in [-0.25, -0.2) is 18.1 Å². The fourth-order valence-corrected chi connectivity index (χ4v) is 4.79. The van der Waals surface area contributed by atoms with E-state index >= 15 is 0 Å². The van der Waals surface area contributed by atoms with Crippen LogP contribution in [0.25, 0.3) is 0 Å². The van der Waals surface area contributed by atoms with Crippen LogP contribution in [-0.4, -0.2) is 57.6 Å². The summed E-state index contributed by atoms with van der Waals surface area (Å²) in [6, 6.07) is 5.15. The van der Waals surface area contributed by atoms with Gasteiger partial charge in [-0.2, -0.15) is 0 Å². The zero-order valence-electron chi connectivity index (χ0n) is 16.5. The highest BCUT2D eigenvalue weighted by Gasteiger charge is 2.19. The monoisotopic (exact) mass is 453 g/mol. The van der Waals surface area contributed by atoms with E-state index in [1.165, 1.54) is 35.6 Å². The van der Waals surface area contributed by atoms with E-state index in [-0.39, 0.29) is 22.2 Å². The van der Waals surface area contributed by atoms with Crippen LogP contribution < -0.4 is 20.5 Å². The van der Waals surface area contributed by atoms with E-state index in [0.29, 0.717) is 26.3 Å². The summed E-state index contributed by atoms with van der Waals surface area (Å²) in [6.45, 7) is 6.09. The number of morpholine rings is 1. The van der Waals surface area contributed by atoms with Crippen LogP contribution in [0.2, 0.25) is 0 Å². The van der Waals surface area contributed by atoms with E-state index in [9.17, 15) is 18.0 Å². The Morgan fingerprint density at radius 1 is 1.10 bits per heavy atom. The van der Waals surface area contributed by atoms with Crippen molar-refractivity contribution >= 4 is 38.3 Å². The van der Waals surface area contributed by atoms with Gasteiger partial charge < -0.3 is 9.64 Å². The van der Waals surface area contributed by atoms with Gasteiger partial charge >= 0.3 is 0 Å². The van der Waals surface area contributed by atoms with Gasteiger partial charge in [-0.05, 0) is 38.1 Å². The van der Waals surface area contributed by atoms with Gasteiger partial charge in [0.25, 0.3) is 11.8 Å². The quantitative estimate of drug-likeness (QED) is 0.550. The van der Waals surface area contributed by atoms with Gasteiger partial charge in [0.15, 0.2) is 5.13 Å². The molecule has 10 nitrogen and oxygen atoms in total. The summed E-state index contributed by atoms with van der Waals surface area (Å²) in [6.07, 6.45) is 0. The number of rotatable bonds is 6. The minimum atomic E-state index is -3.64. The van der Waals surface area contributed by atoms with E-state index in [0.717, 1.165) is 5.13 Å². The van der Waals surface area contributed by atoms with E-state index in [1.54, 1.807) is 19.2 Å². The first kappa shape index (κ1) is 22.2. The maximum absolute atomic E-state index is 12.3. The molecule has 162 valence electrons. The molecule has 1 aliphatic rings. The lowest BCUT2D eigenvalue weighted by molar-refractivity contribution is 0.0844. The Hall–Kier alpha value is -2.54. The highest BCUT2D eigenvalue weighted by molar-refractivity contribution is 7.89. The molecule has 12 heteroatoms. The van der Waals surface area contributed by atoms with Crippen molar-refractivity contribution in [2.24, 2.45) is 0 Å². The lowest BCUT2D eigenvalue weighted by atomic mass is 10.2. The molecule has 0 atom stereocenters. The molecule has 0 radical (unpaired) electrons. The molecule has 1 saturated heterocycles. The third-order valence-corrected chi connectivity index (χ3v) is 6.69. The average molecular weight is 454 g/mol. The second kappa shape index (κ2) is 9.51. The van der Waals surface area contributed by atoms with Crippen LogP contribution in [-0.2, 0) is 14.8 Å². The van der Waals surface area contributed by atoms with Crippen molar-refractivity contribution in [3.05, 3.63) is 40.9 Å². The van der Waals surface area contributed by atoms with E-state index in [2.05, 4.69) is 20.6 Å². The summed E-state index contributed by atoms with van der Waals surface area (Å²) >= 11 is 1.35. The van der Waals surface area contributed by atoms with Crippen molar-refractivity contribution < 1.29 is 22.7 Å². The number of benzene rings is 1. The number of carbonyl (C=O) groups excluding carboxylic acids is 2. The number of hydrogen-bond donors (Lipinski definition) is 3. The number of thiazole rings is 1. The van der Waals surface area contributed by atoms with Crippen molar-refractivity contribution in [1.29, 1.82) is 0 Å². The molecule has 0 bridgehead atoms. The first-order valence-corrected chi connectivity index (χ1v) is 11.6. The van der Waals surface area contributed by atoms with Crippen molar-refractivity contribution in [2.75, 3.05) is 31.2 Å². The molecule has 1 aliphatic heterocycles. The Morgan fingerprint density at radius 2 is 1.73 bits per heavy atom. The van der Waals surface area contributed by atoms with Gasteiger partial charge in [-0.3, -0.25) is 20.4 Å². The van der Waals surface area contributed by atoms with E-state index in [4.69, 9.17) is 4.74 Å². The molecule has 1 aromatic heterocycles. The molecule has 0 saturated carbocycles. The van der Waals surface area contributed by atoms with Gasteiger partial charge in [0.2, 0.25) is 10.0 Å². The smallest absolute Gasteiger partial charge is 0.289 e. The van der Waals surface area contributed by atoms with Crippen LogP contribution in [0.4, 0.5) is 5.13 Å². The zero-order valence-corrected chi connectivity index (χ0v) is 18.2. The number of nitrogens with one attached hydrogen (secondary N) is 3. The molecule has 3 N–H and O–H groups in total. The summed E-state index contributed by atoms with van der Waals surface area (Å²) in [5, 5.41) is 2.34. The number of anilines is 1. The largest absolute Gasteiger partial charge is 0.378 e. The van der Waals surface area contributed by atoms with Gasteiger partial charge in [0, 0.05) is 30.1 Å². The minimum absolute atomic E-state index is 0.0508. The molecule has 1 fully saturated rings. The van der Waals surface area contributed by atoms with Crippen LogP contribution in [0.5, 0.6) is 0 Å². The first-order chi connectivity index (χ1) is 14.3. The van der Waals surface area contributed by atoms with Gasteiger partial charge in [0.1, 0.15) is 5.69 Å². The van der Waals surface area contributed by atoms with Gasteiger partial charge in [-0.1, -0.05) is 0 Å². The predicted octanol–water partition coefficient (Wildman–Crippen LogP) is 0.741. The molecule has 1 aromatic carbocycles. The Bertz CT molecular complexity index is 998. The Kier molecular flexibility index (Phi) is 7.02. The normalized spacial score (nSPS) is 14.6. The lowest BCUT2D eigenvalue weighted by Gasteiger charge is -2.25. The minimum Gasteiger partial charge on any atom is -0.378 e. The molecule has 3 rings (SSSR count). The molecular weight excluding hydrogens is 430 g/mol. The lowest BCUT2D eigenvalue weighted by Crippen LogP contribution is -2.42. The first-order valence-electron chi connectivity index (χ1n) is 9.27. The van der Waals surface area contributed by atoms with Crippen molar-refractivity contribution in [3.8, 4) is 0 Å². The van der Waals surface area contributed by atoms with Crippen LogP contribution in [0, 0.1) is 0 Å². The number of amides is 2. The van der Waals surface area contributed by atoms with Crippen LogP contribution in [0.3, 0.4) is 0 Å². The number of ether oxygens (including phenoxy) is 1. The highest BCUT2D eigenvalue weighted by atomic mass is 32.2. The van der Waals surface area contributed by atoms with Crippen LogP contribution >= 0.6 is 11.3 Å². The predicted molar refractivity (Wildman–Crippen MR) is 112 cm³/mol. The maximum atomic E-state index is 12.3. The number of hydrogen-bond acceptors (Lipinski definition) is 8. The molecule has 0 spiro atoms. The third kappa shape index (κ3) is 5.53. The summed E-state index contributed by atoms with van der Waals surface area (Å²) in [5.74, 6) is -1.12. The highest BCUT2D eigenvalue weighted by Crippen LogP contribution is 2.21.